The highest BCUT2D eigenvalue weighted by Gasteiger charge is 2.40. The summed E-state index contributed by atoms with van der Waals surface area (Å²) >= 11 is 0. The van der Waals surface area contributed by atoms with Crippen molar-refractivity contribution in [1.82, 2.24) is 10.2 Å². The SMILES string of the molecule is Nc1ccc(F)c2[nH]nc(S(=O)(=O)C3CC3)c12. The number of nitrogen functional groups attached to an aromatic ring is 1. The molecule has 3 rings (SSSR count). The number of hydrogen-bond donors (Lipinski definition) is 2. The van der Waals surface area contributed by atoms with Gasteiger partial charge in [-0.15, -0.1) is 0 Å². The fourth-order valence-electron chi connectivity index (χ4n) is 1.84. The van der Waals surface area contributed by atoms with Gasteiger partial charge in [0.05, 0.1) is 10.6 Å². The molecule has 1 saturated carbocycles. The highest BCUT2D eigenvalue weighted by atomic mass is 32.2. The normalized spacial score (nSPS) is 16.5. The van der Waals surface area contributed by atoms with E-state index in [1.54, 1.807) is 0 Å². The molecule has 1 aromatic heterocycles. The Morgan fingerprint density at radius 1 is 1.41 bits per heavy atom. The number of rotatable bonds is 2. The summed E-state index contributed by atoms with van der Waals surface area (Å²) in [6.07, 6.45) is 1.26. The number of aromatic nitrogens is 2. The number of halogens is 1. The number of sulfone groups is 1. The van der Waals surface area contributed by atoms with E-state index in [0.29, 0.717) is 12.8 Å². The van der Waals surface area contributed by atoms with Crippen LogP contribution >= 0.6 is 0 Å². The van der Waals surface area contributed by atoms with Crippen molar-refractivity contribution in [2.24, 2.45) is 0 Å². The van der Waals surface area contributed by atoms with Crippen molar-refractivity contribution in [3.63, 3.8) is 0 Å². The number of nitrogens with one attached hydrogen (secondary N) is 1. The van der Waals surface area contributed by atoms with Crippen molar-refractivity contribution < 1.29 is 12.8 Å². The first-order valence-electron chi connectivity index (χ1n) is 5.18. The van der Waals surface area contributed by atoms with Crippen LogP contribution in [-0.4, -0.2) is 23.9 Å². The van der Waals surface area contributed by atoms with Crippen LogP contribution in [0.25, 0.3) is 10.9 Å². The van der Waals surface area contributed by atoms with Crippen LogP contribution in [0.5, 0.6) is 0 Å². The number of aromatic amines is 1. The fourth-order valence-corrected chi connectivity index (χ4v) is 3.59. The largest absolute Gasteiger partial charge is 0.398 e. The van der Waals surface area contributed by atoms with Gasteiger partial charge >= 0.3 is 0 Å². The van der Waals surface area contributed by atoms with Gasteiger partial charge in [-0.3, -0.25) is 5.10 Å². The Balaban J connectivity index is 2.35. The third-order valence-corrected chi connectivity index (χ3v) is 5.09. The number of hydrogen-bond acceptors (Lipinski definition) is 4. The highest BCUT2D eigenvalue weighted by molar-refractivity contribution is 7.92. The number of fused-ring (bicyclic) bond motifs is 1. The maximum Gasteiger partial charge on any atom is 0.201 e. The quantitative estimate of drug-likeness (QED) is 0.790. The van der Waals surface area contributed by atoms with E-state index in [2.05, 4.69) is 10.2 Å². The van der Waals surface area contributed by atoms with Gasteiger partial charge in [0.2, 0.25) is 9.84 Å². The minimum Gasteiger partial charge on any atom is -0.398 e. The van der Waals surface area contributed by atoms with Gasteiger partial charge in [-0.2, -0.15) is 5.10 Å². The second-order valence-electron chi connectivity index (χ2n) is 4.16. The Morgan fingerprint density at radius 2 is 2.12 bits per heavy atom. The lowest BCUT2D eigenvalue weighted by Crippen LogP contribution is -2.08. The van der Waals surface area contributed by atoms with Crippen molar-refractivity contribution in [2.75, 3.05) is 5.73 Å². The Morgan fingerprint density at radius 3 is 2.76 bits per heavy atom. The standard InChI is InChI=1S/C10H10FN3O2S/c11-6-3-4-7(12)8-9(6)13-14-10(8)17(15,16)5-1-2-5/h3-5H,1-2,12H2,(H,13,14). The molecule has 90 valence electrons. The van der Waals surface area contributed by atoms with Crippen LogP contribution in [0.1, 0.15) is 12.8 Å². The molecule has 1 heterocycles. The summed E-state index contributed by atoms with van der Waals surface area (Å²) in [5.41, 5.74) is 5.96. The predicted octanol–water partition coefficient (Wildman–Crippen LogP) is 1.22. The third-order valence-electron chi connectivity index (χ3n) is 2.90. The fraction of sp³-hybridized carbons (Fsp3) is 0.300. The van der Waals surface area contributed by atoms with Crippen LogP contribution in [0.15, 0.2) is 17.2 Å². The van der Waals surface area contributed by atoms with E-state index >= 15 is 0 Å². The Kier molecular flexibility index (Phi) is 1.97. The van der Waals surface area contributed by atoms with Gasteiger partial charge in [-0.05, 0) is 25.0 Å². The minimum atomic E-state index is -3.48. The molecule has 1 aromatic carbocycles. The lowest BCUT2D eigenvalue weighted by atomic mass is 10.2. The van der Waals surface area contributed by atoms with Gasteiger partial charge in [0.25, 0.3) is 0 Å². The van der Waals surface area contributed by atoms with Gasteiger partial charge in [-0.1, -0.05) is 0 Å². The molecule has 0 aliphatic heterocycles. The van der Waals surface area contributed by atoms with Crippen LogP contribution in [-0.2, 0) is 9.84 Å². The summed E-state index contributed by atoms with van der Waals surface area (Å²) in [7, 11) is -3.48. The maximum atomic E-state index is 13.5. The molecule has 0 spiro atoms. The van der Waals surface area contributed by atoms with Crippen LogP contribution in [0.2, 0.25) is 0 Å². The Bertz CT molecular complexity index is 704. The number of nitrogens with zero attached hydrogens (tertiary/aromatic N) is 1. The first kappa shape index (κ1) is 10.5. The molecule has 3 N–H and O–H groups in total. The summed E-state index contributed by atoms with van der Waals surface area (Å²) in [6, 6.07) is 2.53. The zero-order chi connectivity index (χ0) is 12.2. The number of nitrogens with two attached hydrogens (primary N) is 1. The predicted molar refractivity (Wildman–Crippen MR) is 60.7 cm³/mol. The Labute approximate surface area is 96.7 Å². The van der Waals surface area contributed by atoms with Gasteiger partial charge < -0.3 is 5.73 Å². The average Bonchev–Trinajstić information content (AvgIpc) is 3.03. The molecular weight excluding hydrogens is 245 g/mol. The molecule has 1 fully saturated rings. The molecule has 0 amide bonds. The topological polar surface area (TPSA) is 88.8 Å². The average molecular weight is 255 g/mol. The maximum absolute atomic E-state index is 13.5. The first-order chi connectivity index (χ1) is 8.01. The molecule has 0 atom stereocenters. The molecule has 2 aromatic rings. The lowest BCUT2D eigenvalue weighted by Gasteiger charge is -2.01. The molecule has 0 bridgehead atoms. The number of H-pyrrole nitrogens is 1. The summed E-state index contributed by atoms with van der Waals surface area (Å²) in [4.78, 5) is 0. The second-order valence-corrected chi connectivity index (χ2v) is 6.30. The van der Waals surface area contributed by atoms with Gasteiger partial charge in [0.15, 0.2) is 5.03 Å². The molecule has 0 unspecified atom stereocenters. The van der Waals surface area contributed by atoms with E-state index in [-0.39, 0.29) is 21.6 Å². The summed E-state index contributed by atoms with van der Waals surface area (Å²) < 4.78 is 37.6. The third kappa shape index (κ3) is 1.42. The molecule has 1 aliphatic carbocycles. The number of benzene rings is 1. The van der Waals surface area contributed by atoms with Crippen LogP contribution < -0.4 is 5.73 Å². The first-order valence-corrected chi connectivity index (χ1v) is 6.72. The minimum absolute atomic E-state index is 0.0456. The van der Waals surface area contributed by atoms with Gasteiger partial charge in [-0.25, -0.2) is 12.8 Å². The highest BCUT2D eigenvalue weighted by Crippen LogP contribution is 2.37. The zero-order valence-corrected chi connectivity index (χ0v) is 9.59. The summed E-state index contributed by atoms with van der Waals surface area (Å²) in [5.74, 6) is -0.557. The van der Waals surface area contributed by atoms with Crippen LogP contribution in [0.4, 0.5) is 10.1 Å². The lowest BCUT2D eigenvalue weighted by molar-refractivity contribution is 0.591. The van der Waals surface area contributed by atoms with Crippen molar-refractivity contribution in [2.45, 2.75) is 23.1 Å². The number of anilines is 1. The summed E-state index contributed by atoms with van der Waals surface area (Å²) in [5, 5.41) is 5.76. The van der Waals surface area contributed by atoms with Gasteiger partial charge in [0, 0.05) is 5.69 Å². The molecule has 5 nitrogen and oxygen atoms in total. The summed E-state index contributed by atoms with van der Waals surface area (Å²) in [6.45, 7) is 0. The molecule has 7 heteroatoms. The monoisotopic (exact) mass is 255 g/mol. The van der Waals surface area contributed by atoms with Crippen molar-refractivity contribution in [3.05, 3.63) is 17.9 Å². The van der Waals surface area contributed by atoms with Crippen molar-refractivity contribution >= 4 is 26.4 Å². The molecule has 0 saturated heterocycles. The van der Waals surface area contributed by atoms with E-state index in [4.69, 9.17) is 5.73 Å². The van der Waals surface area contributed by atoms with Crippen molar-refractivity contribution in [1.29, 1.82) is 0 Å². The van der Waals surface area contributed by atoms with E-state index in [1.165, 1.54) is 12.1 Å². The second kappa shape index (κ2) is 3.19. The Hall–Kier alpha value is -1.63. The molecule has 0 radical (unpaired) electrons. The van der Waals surface area contributed by atoms with E-state index in [1.807, 2.05) is 0 Å². The zero-order valence-electron chi connectivity index (χ0n) is 8.77. The van der Waals surface area contributed by atoms with Crippen LogP contribution in [0.3, 0.4) is 0 Å². The van der Waals surface area contributed by atoms with Crippen LogP contribution in [0, 0.1) is 5.82 Å². The van der Waals surface area contributed by atoms with Gasteiger partial charge in [0.1, 0.15) is 11.3 Å². The van der Waals surface area contributed by atoms with E-state index in [0.717, 1.165) is 0 Å². The van der Waals surface area contributed by atoms with E-state index < -0.39 is 20.9 Å². The molecular formula is C10H10FN3O2S. The smallest absolute Gasteiger partial charge is 0.201 e. The molecule has 1 aliphatic rings. The van der Waals surface area contributed by atoms with Crippen molar-refractivity contribution in [3.8, 4) is 0 Å². The van der Waals surface area contributed by atoms with E-state index in [9.17, 15) is 12.8 Å². The molecule has 17 heavy (non-hydrogen) atoms.